The molecular weight excluding hydrogens is 339 g/mol. The maximum Gasteiger partial charge on any atom is 0.146 e. The van der Waals surface area contributed by atoms with Crippen molar-refractivity contribution < 1.29 is 9.13 Å². The van der Waals surface area contributed by atoms with E-state index < -0.39 is 0 Å². The van der Waals surface area contributed by atoms with Crippen molar-refractivity contribution in [1.82, 2.24) is 4.98 Å². The maximum atomic E-state index is 13.1. The van der Waals surface area contributed by atoms with E-state index in [1.165, 1.54) is 18.6 Å². The van der Waals surface area contributed by atoms with E-state index in [0.29, 0.717) is 18.4 Å². The lowest BCUT2D eigenvalue weighted by molar-refractivity contribution is 0.309. The molecule has 3 nitrogen and oxygen atoms in total. The van der Waals surface area contributed by atoms with Crippen LogP contribution < -0.4 is 9.64 Å². The number of benzene rings is 2. The molecule has 1 saturated heterocycles. The number of ether oxygens (including phenoxy) is 1. The summed E-state index contributed by atoms with van der Waals surface area (Å²) < 4.78 is 19.1. The summed E-state index contributed by atoms with van der Waals surface area (Å²) in [6.07, 6.45) is 1.27. The molecule has 0 aliphatic carbocycles. The number of piperidine rings is 1. The van der Waals surface area contributed by atoms with E-state index in [4.69, 9.17) is 9.72 Å². The minimum absolute atomic E-state index is 0.236. The zero-order valence-corrected chi connectivity index (χ0v) is 15.9. The summed E-state index contributed by atoms with van der Waals surface area (Å²) in [6, 6.07) is 16.6. The average molecular weight is 364 g/mol. The SMILES string of the molecule is CC1CC(C)CN(c2ccc3cccc(OCc4ccc(F)cc4)c3n2)C1. The van der Waals surface area contributed by atoms with Crippen LogP contribution in [-0.2, 0) is 6.61 Å². The highest BCUT2D eigenvalue weighted by Crippen LogP contribution is 2.30. The topological polar surface area (TPSA) is 25.4 Å². The van der Waals surface area contributed by atoms with Crippen LogP contribution in [0.4, 0.5) is 10.2 Å². The fourth-order valence-electron chi connectivity index (χ4n) is 3.99. The number of hydrogen-bond acceptors (Lipinski definition) is 3. The van der Waals surface area contributed by atoms with Gasteiger partial charge >= 0.3 is 0 Å². The first-order valence-corrected chi connectivity index (χ1v) is 9.60. The molecule has 1 aliphatic heterocycles. The second-order valence-corrected chi connectivity index (χ2v) is 7.76. The van der Waals surface area contributed by atoms with E-state index >= 15 is 0 Å². The predicted molar refractivity (Wildman–Crippen MR) is 108 cm³/mol. The van der Waals surface area contributed by atoms with Crippen LogP contribution in [0.1, 0.15) is 25.8 Å². The van der Waals surface area contributed by atoms with E-state index in [2.05, 4.69) is 36.9 Å². The number of rotatable bonds is 4. The van der Waals surface area contributed by atoms with Crippen molar-refractivity contribution >= 4 is 16.7 Å². The highest BCUT2D eigenvalue weighted by molar-refractivity contribution is 5.86. The Bertz CT molecular complexity index is 915. The Kier molecular flexibility index (Phi) is 4.97. The van der Waals surface area contributed by atoms with Crippen molar-refractivity contribution in [3.05, 3.63) is 66.0 Å². The Balaban J connectivity index is 1.60. The van der Waals surface area contributed by atoms with E-state index in [0.717, 1.165) is 41.1 Å². The Morgan fingerprint density at radius 3 is 2.48 bits per heavy atom. The van der Waals surface area contributed by atoms with Crippen LogP contribution in [0, 0.1) is 17.7 Å². The van der Waals surface area contributed by atoms with Crippen molar-refractivity contribution in [3.8, 4) is 5.75 Å². The van der Waals surface area contributed by atoms with Gasteiger partial charge in [0.1, 0.15) is 29.5 Å². The van der Waals surface area contributed by atoms with Gasteiger partial charge in [-0.15, -0.1) is 0 Å². The van der Waals surface area contributed by atoms with Crippen molar-refractivity contribution in [2.24, 2.45) is 11.8 Å². The quantitative estimate of drug-likeness (QED) is 0.617. The maximum absolute atomic E-state index is 13.1. The number of nitrogens with zero attached hydrogens (tertiary/aromatic N) is 2. The number of fused-ring (bicyclic) bond motifs is 1. The first-order valence-electron chi connectivity index (χ1n) is 9.60. The average Bonchev–Trinajstić information content (AvgIpc) is 2.66. The molecule has 1 aliphatic rings. The molecule has 2 unspecified atom stereocenters. The van der Waals surface area contributed by atoms with Crippen molar-refractivity contribution in [2.45, 2.75) is 26.9 Å². The fraction of sp³-hybridized carbons (Fsp3) is 0.348. The first kappa shape index (κ1) is 17.8. The van der Waals surface area contributed by atoms with Gasteiger partial charge in [0.15, 0.2) is 0 Å². The zero-order valence-electron chi connectivity index (χ0n) is 15.9. The molecule has 2 aromatic carbocycles. The second kappa shape index (κ2) is 7.55. The third-order valence-electron chi connectivity index (χ3n) is 5.17. The monoisotopic (exact) mass is 364 g/mol. The van der Waals surface area contributed by atoms with Gasteiger partial charge < -0.3 is 9.64 Å². The lowest BCUT2D eigenvalue weighted by Crippen LogP contribution is -2.39. The number of anilines is 1. The molecule has 2 heterocycles. The lowest BCUT2D eigenvalue weighted by Gasteiger charge is -2.35. The molecule has 0 spiro atoms. The summed E-state index contributed by atoms with van der Waals surface area (Å²) in [5.74, 6) is 2.89. The first-order chi connectivity index (χ1) is 13.1. The third-order valence-corrected chi connectivity index (χ3v) is 5.17. The largest absolute Gasteiger partial charge is 0.487 e. The molecule has 1 aromatic heterocycles. The van der Waals surface area contributed by atoms with Gasteiger partial charge in [-0.25, -0.2) is 9.37 Å². The molecule has 0 N–H and O–H groups in total. The molecule has 0 bridgehead atoms. The summed E-state index contributed by atoms with van der Waals surface area (Å²) in [7, 11) is 0. The molecule has 4 rings (SSSR count). The van der Waals surface area contributed by atoms with Gasteiger partial charge in [-0.3, -0.25) is 0 Å². The summed E-state index contributed by atoms with van der Waals surface area (Å²) in [6.45, 7) is 7.09. The molecular formula is C23H25FN2O. The lowest BCUT2D eigenvalue weighted by atomic mass is 9.92. The van der Waals surface area contributed by atoms with Crippen LogP contribution in [0.5, 0.6) is 5.75 Å². The summed E-state index contributed by atoms with van der Waals surface area (Å²) >= 11 is 0. The summed E-state index contributed by atoms with van der Waals surface area (Å²) in [5.41, 5.74) is 1.81. The van der Waals surface area contributed by atoms with Gasteiger partial charge in [-0.1, -0.05) is 38.1 Å². The Labute approximate surface area is 159 Å². The van der Waals surface area contributed by atoms with Crippen molar-refractivity contribution in [3.63, 3.8) is 0 Å². The molecule has 140 valence electrons. The van der Waals surface area contributed by atoms with E-state index in [1.54, 1.807) is 12.1 Å². The number of para-hydroxylation sites is 1. The zero-order chi connectivity index (χ0) is 18.8. The Hall–Kier alpha value is -2.62. The van der Waals surface area contributed by atoms with Gasteiger partial charge in [0.25, 0.3) is 0 Å². The minimum atomic E-state index is -0.236. The van der Waals surface area contributed by atoms with Crippen molar-refractivity contribution in [2.75, 3.05) is 18.0 Å². The van der Waals surface area contributed by atoms with Crippen molar-refractivity contribution in [1.29, 1.82) is 0 Å². The van der Waals surface area contributed by atoms with Crippen LogP contribution in [-0.4, -0.2) is 18.1 Å². The molecule has 1 fully saturated rings. The molecule has 27 heavy (non-hydrogen) atoms. The van der Waals surface area contributed by atoms with E-state index in [1.807, 2.05) is 12.1 Å². The third kappa shape index (κ3) is 4.05. The Morgan fingerprint density at radius 2 is 1.74 bits per heavy atom. The van der Waals surface area contributed by atoms with Gasteiger partial charge in [0, 0.05) is 18.5 Å². The number of pyridine rings is 1. The molecule has 0 radical (unpaired) electrons. The normalized spacial score (nSPS) is 20.0. The predicted octanol–water partition coefficient (Wildman–Crippen LogP) is 5.44. The highest BCUT2D eigenvalue weighted by Gasteiger charge is 2.23. The van der Waals surface area contributed by atoms with Gasteiger partial charge in [-0.05, 0) is 54.2 Å². The molecule has 2 atom stereocenters. The molecule has 3 aromatic rings. The van der Waals surface area contributed by atoms with Crippen LogP contribution in [0.3, 0.4) is 0 Å². The van der Waals surface area contributed by atoms with Gasteiger partial charge in [0.2, 0.25) is 0 Å². The van der Waals surface area contributed by atoms with Crippen LogP contribution >= 0.6 is 0 Å². The van der Waals surface area contributed by atoms with Crippen LogP contribution in [0.2, 0.25) is 0 Å². The Morgan fingerprint density at radius 1 is 1.00 bits per heavy atom. The van der Waals surface area contributed by atoms with Gasteiger partial charge in [-0.2, -0.15) is 0 Å². The minimum Gasteiger partial charge on any atom is -0.487 e. The summed E-state index contributed by atoms with van der Waals surface area (Å²) in [4.78, 5) is 7.32. The number of aromatic nitrogens is 1. The van der Waals surface area contributed by atoms with Crippen LogP contribution in [0.25, 0.3) is 10.9 Å². The molecule has 4 heteroatoms. The standard InChI is InChI=1S/C23H25FN2O/c1-16-12-17(2)14-26(13-16)22-11-8-19-4-3-5-21(23(19)25-22)27-15-18-6-9-20(24)10-7-18/h3-11,16-17H,12-15H2,1-2H3. The summed E-state index contributed by atoms with van der Waals surface area (Å²) in [5, 5.41) is 1.06. The molecule has 0 saturated carbocycles. The van der Waals surface area contributed by atoms with E-state index in [9.17, 15) is 4.39 Å². The highest BCUT2D eigenvalue weighted by atomic mass is 19.1. The van der Waals surface area contributed by atoms with E-state index in [-0.39, 0.29) is 5.82 Å². The van der Waals surface area contributed by atoms with Gasteiger partial charge in [0.05, 0.1) is 0 Å². The van der Waals surface area contributed by atoms with Crippen LogP contribution in [0.15, 0.2) is 54.6 Å². The molecule has 0 amide bonds. The second-order valence-electron chi connectivity index (χ2n) is 7.76. The number of hydrogen-bond donors (Lipinski definition) is 0. The fourth-order valence-corrected chi connectivity index (χ4v) is 3.99. The smallest absolute Gasteiger partial charge is 0.146 e. The number of halogens is 1.